The van der Waals surface area contributed by atoms with Gasteiger partial charge in [-0.3, -0.25) is 25.4 Å². The molecule has 3 rings (SSSR count). The molecule has 32 heavy (non-hydrogen) atoms. The molecule has 10 heteroatoms. The average Bonchev–Trinajstić information content (AvgIpc) is 3.15. The Balaban J connectivity index is 0.000000244. The van der Waals surface area contributed by atoms with E-state index in [0.29, 0.717) is 16.3 Å². The van der Waals surface area contributed by atoms with Gasteiger partial charge < -0.3 is 5.11 Å². The highest BCUT2D eigenvalue weighted by molar-refractivity contribution is 7.17. The lowest BCUT2D eigenvalue weighted by Gasteiger charge is -2.05. The number of rotatable bonds is 9. The molecule has 0 unspecified atom stereocenters. The van der Waals surface area contributed by atoms with E-state index >= 15 is 0 Å². The van der Waals surface area contributed by atoms with Crippen LogP contribution in [0.1, 0.15) is 51.9 Å². The molecule has 0 saturated carbocycles. The second kappa shape index (κ2) is 13.4. The van der Waals surface area contributed by atoms with Crippen molar-refractivity contribution in [2.75, 3.05) is 17.4 Å². The number of nitrogens with one attached hydrogen (secondary N) is 2. The zero-order chi connectivity index (χ0) is 23.3. The van der Waals surface area contributed by atoms with E-state index in [1.165, 1.54) is 18.9 Å². The van der Waals surface area contributed by atoms with Crippen molar-refractivity contribution < 1.29 is 19.5 Å². The van der Waals surface area contributed by atoms with Gasteiger partial charge in [0, 0.05) is 16.8 Å². The molecule has 1 amide bonds. The smallest absolute Gasteiger partial charge is 0.347 e. The number of benzene rings is 1. The number of unbranched alkanes of at least 4 members (excludes halogenated alkanes) is 2. The molecule has 0 atom stereocenters. The number of carbonyl (C=O) groups is 2. The quantitative estimate of drug-likeness (QED) is 0.269. The third-order valence-corrected chi connectivity index (χ3v) is 5.30. The summed E-state index contributed by atoms with van der Waals surface area (Å²) in [5.74, 6) is -1.44. The first-order chi connectivity index (χ1) is 15.4. The average molecular weight is 477 g/mol. The molecule has 0 aliphatic carbocycles. The first-order valence-electron chi connectivity index (χ1n) is 9.96. The van der Waals surface area contributed by atoms with Gasteiger partial charge in [-0.2, -0.15) is 0 Å². The van der Waals surface area contributed by atoms with Crippen molar-refractivity contribution in [3.05, 3.63) is 69.9 Å². The summed E-state index contributed by atoms with van der Waals surface area (Å²) < 4.78 is 0. The second-order valence-electron chi connectivity index (χ2n) is 6.60. The maximum Gasteiger partial charge on any atom is 0.347 e. The Hall–Kier alpha value is -3.01. The molecule has 2 heterocycles. The molecule has 0 radical (unpaired) electrons. The van der Waals surface area contributed by atoms with Crippen molar-refractivity contribution in [1.29, 1.82) is 0 Å². The number of carbonyl (C=O) groups excluding carboxylic acids is 1. The minimum absolute atomic E-state index is 0.112. The maximum absolute atomic E-state index is 11.9. The molecule has 1 aromatic carbocycles. The topological polar surface area (TPSA) is 113 Å². The number of hydrogen-bond acceptors (Lipinski definition) is 7. The van der Waals surface area contributed by atoms with Crippen LogP contribution in [-0.2, 0) is 4.84 Å². The zero-order valence-electron chi connectivity index (χ0n) is 17.8. The third kappa shape index (κ3) is 8.62. The fraction of sp³-hybridized carbons (Fsp3) is 0.273. The number of thiazole rings is 1. The molecule has 0 fully saturated rings. The van der Waals surface area contributed by atoms with E-state index in [1.807, 2.05) is 12.1 Å². The van der Waals surface area contributed by atoms with Gasteiger partial charge in [-0.25, -0.2) is 9.78 Å². The standard InChI is InChI=1S/C12H9ClN2O3S.C10H16N2O/c1-6-9(11(17)18)19-12(14-6)15-10(16)7-3-2-4-8(13)5-7;1-2-3-4-8-13-12-10-6-5-7-11-9-10/h2-5H,1H3,(H,17,18)(H,14,15,16);5-7,9,12H,2-4,8H2,1H3. The van der Waals surface area contributed by atoms with Crippen LogP contribution in [0.5, 0.6) is 0 Å². The molecular formula is C22H25ClN4O4S. The summed E-state index contributed by atoms with van der Waals surface area (Å²) in [6.07, 6.45) is 7.01. The van der Waals surface area contributed by atoms with E-state index in [2.05, 4.69) is 27.7 Å². The summed E-state index contributed by atoms with van der Waals surface area (Å²) in [7, 11) is 0. The van der Waals surface area contributed by atoms with Crippen LogP contribution in [0.15, 0.2) is 48.8 Å². The fourth-order valence-electron chi connectivity index (χ4n) is 2.43. The molecule has 0 aliphatic rings. The molecule has 3 aromatic rings. The lowest BCUT2D eigenvalue weighted by atomic mass is 10.2. The van der Waals surface area contributed by atoms with Crippen LogP contribution < -0.4 is 10.8 Å². The Kier molecular flexibility index (Phi) is 10.6. The number of aryl methyl sites for hydroxylation is 1. The molecular weight excluding hydrogens is 452 g/mol. The third-order valence-electron chi connectivity index (χ3n) is 4.00. The molecule has 2 aromatic heterocycles. The first kappa shape index (κ1) is 25.3. The monoisotopic (exact) mass is 476 g/mol. The normalized spacial score (nSPS) is 10.1. The van der Waals surface area contributed by atoms with Gasteiger partial charge in [-0.1, -0.05) is 48.8 Å². The van der Waals surface area contributed by atoms with E-state index in [4.69, 9.17) is 21.5 Å². The van der Waals surface area contributed by atoms with Gasteiger partial charge >= 0.3 is 5.97 Å². The fourth-order valence-corrected chi connectivity index (χ4v) is 3.42. The van der Waals surface area contributed by atoms with Crippen LogP contribution >= 0.6 is 22.9 Å². The Morgan fingerprint density at radius 1 is 1.22 bits per heavy atom. The molecule has 8 nitrogen and oxygen atoms in total. The molecule has 0 bridgehead atoms. The van der Waals surface area contributed by atoms with Crippen molar-refractivity contribution in [3.8, 4) is 0 Å². The molecule has 0 saturated heterocycles. The van der Waals surface area contributed by atoms with Crippen LogP contribution in [-0.4, -0.2) is 33.6 Å². The number of halogens is 1. The molecule has 0 aliphatic heterocycles. The summed E-state index contributed by atoms with van der Waals surface area (Å²) in [6.45, 7) is 4.51. The Morgan fingerprint density at radius 3 is 2.66 bits per heavy atom. The number of anilines is 2. The van der Waals surface area contributed by atoms with Gasteiger partial charge in [-0.05, 0) is 43.7 Å². The first-order valence-corrected chi connectivity index (χ1v) is 11.2. The number of aromatic nitrogens is 2. The van der Waals surface area contributed by atoms with Crippen LogP contribution in [0.2, 0.25) is 5.02 Å². The predicted octanol–water partition coefficient (Wildman–Crippen LogP) is 5.67. The summed E-state index contributed by atoms with van der Waals surface area (Å²) in [4.78, 5) is 36.1. The number of nitrogens with zero attached hydrogens (tertiary/aromatic N) is 2. The van der Waals surface area contributed by atoms with E-state index < -0.39 is 5.97 Å². The van der Waals surface area contributed by atoms with E-state index in [0.717, 1.165) is 30.1 Å². The van der Waals surface area contributed by atoms with Gasteiger partial charge in [0.2, 0.25) is 0 Å². The highest BCUT2D eigenvalue weighted by Crippen LogP contribution is 2.23. The van der Waals surface area contributed by atoms with Crippen molar-refractivity contribution in [1.82, 2.24) is 9.97 Å². The Bertz CT molecular complexity index is 1010. The summed E-state index contributed by atoms with van der Waals surface area (Å²) in [5.41, 5.74) is 4.50. The second-order valence-corrected chi connectivity index (χ2v) is 8.04. The Labute approximate surface area is 195 Å². The van der Waals surface area contributed by atoms with Gasteiger partial charge in [0.1, 0.15) is 4.88 Å². The highest BCUT2D eigenvalue weighted by Gasteiger charge is 2.16. The highest BCUT2D eigenvalue weighted by atomic mass is 35.5. The van der Waals surface area contributed by atoms with Crippen molar-refractivity contribution in [2.24, 2.45) is 0 Å². The summed E-state index contributed by atoms with van der Waals surface area (Å²) >= 11 is 6.71. The summed E-state index contributed by atoms with van der Waals surface area (Å²) in [6, 6.07) is 10.3. The number of hydrogen-bond donors (Lipinski definition) is 3. The predicted molar refractivity (Wildman–Crippen MR) is 127 cm³/mol. The minimum atomic E-state index is -1.06. The number of carboxylic acid groups (broad SMARTS) is 1. The van der Waals surface area contributed by atoms with Crippen LogP contribution in [0.3, 0.4) is 0 Å². The number of aromatic carboxylic acids is 1. The van der Waals surface area contributed by atoms with Crippen molar-refractivity contribution >= 4 is 45.6 Å². The van der Waals surface area contributed by atoms with Gasteiger partial charge in [-0.15, -0.1) is 0 Å². The van der Waals surface area contributed by atoms with Gasteiger partial charge in [0.15, 0.2) is 5.13 Å². The molecule has 170 valence electrons. The Morgan fingerprint density at radius 2 is 2.03 bits per heavy atom. The van der Waals surface area contributed by atoms with Crippen LogP contribution in [0.4, 0.5) is 10.8 Å². The van der Waals surface area contributed by atoms with Crippen LogP contribution in [0.25, 0.3) is 0 Å². The van der Waals surface area contributed by atoms with E-state index in [1.54, 1.807) is 37.5 Å². The van der Waals surface area contributed by atoms with Crippen LogP contribution in [0, 0.1) is 6.92 Å². The van der Waals surface area contributed by atoms with E-state index in [-0.39, 0.29) is 15.9 Å². The zero-order valence-corrected chi connectivity index (χ0v) is 19.4. The lowest BCUT2D eigenvalue weighted by Crippen LogP contribution is -2.11. The SMILES string of the molecule is CCCCCONc1cccnc1.Cc1nc(NC(=O)c2cccc(Cl)c2)sc1C(=O)O. The minimum Gasteiger partial charge on any atom is -0.477 e. The van der Waals surface area contributed by atoms with Gasteiger partial charge in [0.25, 0.3) is 5.91 Å². The number of pyridine rings is 1. The van der Waals surface area contributed by atoms with Crippen molar-refractivity contribution in [2.45, 2.75) is 33.1 Å². The van der Waals surface area contributed by atoms with Gasteiger partial charge in [0.05, 0.1) is 24.2 Å². The van der Waals surface area contributed by atoms with Crippen molar-refractivity contribution in [3.63, 3.8) is 0 Å². The molecule has 3 N–H and O–H groups in total. The number of carboxylic acids is 1. The number of amides is 1. The summed E-state index contributed by atoms with van der Waals surface area (Å²) in [5, 5.41) is 12.2. The molecule has 0 spiro atoms. The maximum atomic E-state index is 11.9. The lowest BCUT2D eigenvalue weighted by molar-refractivity contribution is 0.0701. The van der Waals surface area contributed by atoms with E-state index in [9.17, 15) is 9.59 Å². The largest absolute Gasteiger partial charge is 0.477 e.